The van der Waals surface area contributed by atoms with Crippen LogP contribution in [-0.4, -0.2) is 46.4 Å². The zero-order valence-electron chi connectivity index (χ0n) is 22.4. The van der Waals surface area contributed by atoms with Crippen molar-refractivity contribution < 1.29 is 9.47 Å². The second-order valence-electron chi connectivity index (χ2n) is 10.7. The molecular formula is C30H32ClN5O3. The van der Waals surface area contributed by atoms with Gasteiger partial charge in [0.15, 0.2) is 0 Å². The molecule has 1 aromatic carbocycles. The summed E-state index contributed by atoms with van der Waals surface area (Å²) >= 11 is 0. The van der Waals surface area contributed by atoms with E-state index in [9.17, 15) is 10.1 Å². The second kappa shape index (κ2) is 10.1. The SMILES string of the molecule is COc1ccc2ncc(C#N)c(CCC34CCC(N(C)c5cc6ccccc6n(C)c5=O)(CC3)CO4)c2n1.Cl. The maximum absolute atomic E-state index is 13.3. The number of rotatable bonds is 6. The fourth-order valence-electron chi connectivity index (χ4n) is 6.32. The minimum Gasteiger partial charge on any atom is -0.481 e. The number of hydrogen-bond donors (Lipinski definition) is 0. The number of nitrogens with zero attached hydrogens (tertiary/aromatic N) is 5. The van der Waals surface area contributed by atoms with E-state index in [1.54, 1.807) is 23.9 Å². The molecule has 202 valence electrons. The van der Waals surface area contributed by atoms with Crippen LogP contribution >= 0.6 is 12.4 Å². The van der Waals surface area contributed by atoms with E-state index in [-0.39, 0.29) is 29.1 Å². The molecule has 0 spiro atoms. The Morgan fingerprint density at radius 2 is 1.95 bits per heavy atom. The number of halogens is 1. The lowest BCUT2D eigenvalue weighted by atomic mass is 9.68. The highest BCUT2D eigenvalue weighted by molar-refractivity contribution is 5.85. The van der Waals surface area contributed by atoms with Crippen molar-refractivity contribution in [2.24, 2.45) is 7.05 Å². The van der Waals surface area contributed by atoms with Gasteiger partial charge in [0.1, 0.15) is 11.8 Å². The van der Waals surface area contributed by atoms with Crippen molar-refractivity contribution in [3.63, 3.8) is 0 Å². The first-order valence-electron chi connectivity index (χ1n) is 13.1. The summed E-state index contributed by atoms with van der Waals surface area (Å²) in [5.74, 6) is 0.507. The third-order valence-electron chi connectivity index (χ3n) is 8.88. The van der Waals surface area contributed by atoms with E-state index in [1.807, 2.05) is 44.4 Å². The lowest BCUT2D eigenvalue weighted by Gasteiger charge is -2.57. The molecule has 3 aromatic heterocycles. The van der Waals surface area contributed by atoms with Crippen molar-refractivity contribution in [1.82, 2.24) is 14.5 Å². The normalized spacial score (nSPS) is 21.9. The van der Waals surface area contributed by atoms with Crippen LogP contribution in [0.4, 0.5) is 5.69 Å². The summed E-state index contributed by atoms with van der Waals surface area (Å²) in [5.41, 5.74) is 4.13. The monoisotopic (exact) mass is 545 g/mol. The predicted molar refractivity (Wildman–Crippen MR) is 154 cm³/mol. The molecule has 8 nitrogen and oxygen atoms in total. The maximum atomic E-state index is 13.3. The Morgan fingerprint density at radius 3 is 2.64 bits per heavy atom. The fraction of sp³-hybridized carbons (Fsp3) is 0.400. The number of anilines is 1. The van der Waals surface area contributed by atoms with Crippen LogP contribution in [0, 0.1) is 11.3 Å². The van der Waals surface area contributed by atoms with Gasteiger partial charge in [0, 0.05) is 31.7 Å². The van der Waals surface area contributed by atoms with Gasteiger partial charge in [0.2, 0.25) is 5.88 Å². The van der Waals surface area contributed by atoms with Gasteiger partial charge < -0.3 is 18.9 Å². The highest BCUT2D eigenvalue weighted by atomic mass is 35.5. The summed E-state index contributed by atoms with van der Waals surface area (Å²) in [6, 6.07) is 16.0. The van der Waals surface area contributed by atoms with Crippen LogP contribution in [0.3, 0.4) is 0 Å². The number of fused-ring (bicyclic) bond motifs is 5. The first-order chi connectivity index (χ1) is 18.4. The zero-order valence-corrected chi connectivity index (χ0v) is 23.3. The van der Waals surface area contributed by atoms with Gasteiger partial charge in [0.05, 0.1) is 47.0 Å². The molecule has 0 atom stereocenters. The Morgan fingerprint density at radius 1 is 1.18 bits per heavy atom. The highest BCUT2D eigenvalue weighted by Crippen LogP contribution is 2.49. The van der Waals surface area contributed by atoms with Crippen LogP contribution in [0.5, 0.6) is 5.88 Å². The summed E-state index contributed by atoms with van der Waals surface area (Å²) in [6.07, 6.45) is 6.84. The largest absolute Gasteiger partial charge is 0.481 e. The second-order valence-corrected chi connectivity index (χ2v) is 10.7. The molecule has 2 aliphatic heterocycles. The summed E-state index contributed by atoms with van der Waals surface area (Å²) in [4.78, 5) is 24.5. The van der Waals surface area contributed by atoms with E-state index >= 15 is 0 Å². The van der Waals surface area contributed by atoms with E-state index < -0.39 is 0 Å². The summed E-state index contributed by atoms with van der Waals surface area (Å²) in [5, 5.41) is 10.8. The lowest BCUT2D eigenvalue weighted by Crippen LogP contribution is -2.63. The van der Waals surface area contributed by atoms with Crippen molar-refractivity contribution >= 4 is 40.0 Å². The Labute approximate surface area is 233 Å². The highest BCUT2D eigenvalue weighted by Gasteiger charge is 2.52. The lowest BCUT2D eigenvalue weighted by molar-refractivity contribution is -0.156. The molecule has 7 rings (SSSR count). The predicted octanol–water partition coefficient (Wildman–Crippen LogP) is 4.93. The summed E-state index contributed by atoms with van der Waals surface area (Å²) in [7, 11) is 5.46. The Balaban J connectivity index is 0.00000308. The van der Waals surface area contributed by atoms with Crippen LogP contribution in [0.15, 0.2) is 53.5 Å². The molecule has 9 heteroatoms. The van der Waals surface area contributed by atoms with Crippen molar-refractivity contribution in [3.8, 4) is 11.9 Å². The zero-order chi connectivity index (χ0) is 26.5. The number of aromatic nitrogens is 3. The van der Waals surface area contributed by atoms with Crippen molar-refractivity contribution in [1.29, 1.82) is 5.26 Å². The molecule has 0 N–H and O–H groups in total. The third kappa shape index (κ3) is 4.40. The first-order valence-corrected chi connectivity index (χ1v) is 13.1. The van der Waals surface area contributed by atoms with Crippen LogP contribution in [0.25, 0.3) is 21.9 Å². The van der Waals surface area contributed by atoms with Gasteiger partial charge in [-0.3, -0.25) is 9.78 Å². The van der Waals surface area contributed by atoms with E-state index in [4.69, 9.17) is 9.47 Å². The number of benzene rings is 1. The number of nitriles is 1. The number of ether oxygens (including phenoxy) is 2. The van der Waals surface area contributed by atoms with Gasteiger partial charge in [0.25, 0.3) is 5.56 Å². The quantitative estimate of drug-likeness (QED) is 0.339. The minimum atomic E-state index is -0.238. The molecule has 3 aliphatic rings. The molecule has 2 bridgehead atoms. The Hall–Kier alpha value is -3.67. The molecule has 2 saturated heterocycles. The van der Waals surface area contributed by atoms with E-state index in [0.717, 1.165) is 54.1 Å². The summed E-state index contributed by atoms with van der Waals surface area (Å²) in [6.45, 7) is 0.577. The van der Waals surface area contributed by atoms with Gasteiger partial charge in [-0.15, -0.1) is 12.4 Å². The van der Waals surface area contributed by atoms with Gasteiger partial charge in [-0.1, -0.05) is 18.2 Å². The third-order valence-corrected chi connectivity index (χ3v) is 8.88. The number of para-hydroxylation sites is 1. The average Bonchev–Trinajstić information content (AvgIpc) is 2.98. The smallest absolute Gasteiger partial charge is 0.274 e. The fourth-order valence-corrected chi connectivity index (χ4v) is 6.32. The molecule has 0 radical (unpaired) electrons. The van der Waals surface area contributed by atoms with Gasteiger partial charge in [-0.05, 0) is 62.3 Å². The molecule has 4 aromatic rings. The number of hydrogen-bond acceptors (Lipinski definition) is 7. The number of methoxy groups -OCH3 is 1. The van der Waals surface area contributed by atoms with Crippen molar-refractivity contribution in [2.75, 3.05) is 25.7 Å². The molecule has 3 fully saturated rings. The maximum Gasteiger partial charge on any atom is 0.274 e. The standard InChI is InChI=1S/C30H31N5O3.ClH/c1-34-24-7-5-4-6-20(24)16-25(28(34)36)35(2)29-12-14-30(15-13-29,38-19-29)11-10-22-21(17-31)18-32-23-8-9-26(37-3)33-27(22)23;/h4-9,16,18H,10-15,19H2,1-3H3;1H. The van der Waals surface area contributed by atoms with Gasteiger partial charge in [-0.2, -0.15) is 5.26 Å². The number of pyridine rings is 3. The van der Waals surface area contributed by atoms with Crippen molar-refractivity contribution in [3.05, 3.63) is 70.1 Å². The minimum absolute atomic E-state index is 0. The van der Waals surface area contributed by atoms with Gasteiger partial charge >= 0.3 is 0 Å². The van der Waals surface area contributed by atoms with Crippen LogP contribution in [0.1, 0.15) is 43.2 Å². The molecule has 5 heterocycles. The molecule has 0 amide bonds. The van der Waals surface area contributed by atoms with E-state index in [2.05, 4.69) is 27.0 Å². The summed E-state index contributed by atoms with van der Waals surface area (Å²) < 4.78 is 13.7. The van der Waals surface area contributed by atoms with Crippen LogP contribution < -0.4 is 15.2 Å². The van der Waals surface area contributed by atoms with Gasteiger partial charge in [-0.25, -0.2) is 4.98 Å². The van der Waals surface area contributed by atoms with E-state index in [1.165, 1.54) is 0 Å². The molecule has 39 heavy (non-hydrogen) atoms. The average molecular weight is 546 g/mol. The van der Waals surface area contributed by atoms with Crippen LogP contribution in [-0.2, 0) is 18.2 Å². The Kier molecular flexibility index (Phi) is 7.00. The topological polar surface area (TPSA) is 93.3 Å². The molecule has 1 saturated carbocycles. The van der Waals surface area contributed by atoms with E-state index in [0.29, 0.717) is 35.7 Å². The number of aryl methyl sites for hydroxylation is 2. The molecular weight excluding hydrogens is 514 g/mol. The molecule has 0 unspecified atom stereocenters. The van der Waals surface area contributed by atoms with Crippen molar-refractivity contribution in [2.45, 2.75) is 49.7 Å². The number of likely N-dealkylation sites (N-methyl/N-ethyl adjacent to an activating group) is 1. The van der Waals surface area contributed by atoms with Crippen LogP contribution in [0.2, 0.25) is 0 Å². The Bertz CT molecular complexity index is 1640. The molecule has 1 aliphatic carbocycles. The first kappa shape index (κ1) is 26.9.